The number of allylic oxidation sites excluding steroid dienone is 1. The lowest BCUT2D eigenvalue weighted by Crippen LogP contribution is -1.93. The van der Waals surface area contributed by atoms with Gasteiger partial charge in [0.1, 0.15) is 12.4 Å². The van der Waals surface area contributed by atoms with E-state index in [0.717, 1.165) is 40.8 Å². The second kappa shape index (κ2) is 11.1. The van der Waals surface area contributed by atoms with Crippen molar-refractivity contribution in [3.8, 4) is 28.3 Å². The first-order valence-corrected chi connectivity index (χ1v) is 10.2. The van der Waals surface area contributed by atoms with Gasteiger partial charge in [0.2, 0.25) is 0 Å². The van der Waals surface area contributed by atoms with Gasteiger partial charge in [-0.25, -0.2) is 14.4 Å². The topological polar surface area (TPSA) is 35.0 Å². The van der Waals surface area contributed by atoms with Crippen molar-refractivity contribution in [3.63, 3.8) is 0 Å². The zero-order chi connectivity index (χ0) is 21.2. The van der Waals surface area contributed by atoms with Crippen molar-refractivity contribution in [2.45, 2.75) is 32.4 Å². The molecule has 1 unspecified atom stereocenters. The van der Waals surface area contributed by atoms with Crippen LogP contribution in [0, 0.1) is 0 Å². The van der Waals surface area contributed by atoms with E-state index in [4.69, 9.17) is 4.74 Å². The molecule has 1 atom stereocenters. The minimum atomic E-state index is -0.749. The Labute approximate surface area is 178 Å². The molecule has 3 aromatic rings. The lowest BCUT2D eigenvalue weighted by Gasteiger charge is -2.11. The van der Waals surface area contributed by atoms with E-state index in [2.05, 4.69) is 40.8 Å². The van der Waals surface area contributed by atoms with Crippen LogP contribution < -0.4 is 4.74 Å². The number of alkyl halides is 1. The van der Waals surface area contributed by atoms with E-state index < -0.39 is 6.17 Å². The summed E-state index contributed by atoms with van der Waals surface area (Å²) in [6.07, 6.45) is 11.0. The fourth-order valence-corrected chi connectivity index (χ4v) is 3.15. The Morgan fingerprint density at radius 2 is 1.80 bits per heavy atom. The maximum Gasteiger partial charge on any atom is 0.159 e. The number of nitrogens with zero attached hydrogens (tertiary/aromatic N) is 2. The van der Waals surface area contributed by atoms with E-state index in [1.165, 1.54) is 0 Å². The van der Waals surface area contributed by atoms with Gasteiger partial charge < -0.3 is 4.74 Å². The van der Waals surface area contributed by atoms with Crippen molar-refractivity contribution in [1.29, 1.82) is 0 Å². The molecule has 0 spiro atoms. The normalized spacial score (nSPS) is 12.1. The highest BCUT2D eigenvalue weighted by molar-refractivity contribution is 5.79. The van der Waals surface area contributed by atoms with E-state index in [-0.39, 0.29) is 0 Å². The third-order valence-electron chi connectivity index (χ3n) is 4.68. The molecule has 154 valence electrons. The van der Waals surface area contributed by atoms with Gasteiger partial charge in [0.15, 0.2) is 5.82 Å². The minimum absolute atomic E-state index is 0.478. The van der Waals surface area contributed by atoms with Crippen LogP contribution in [0.4, 0.5) is 4.39 Å². The summed E-state index contributed by atoms with van der Waals surface area (Å²) in [6.45, 7) is 5.76. The molecule has 3 rings (SSSR count). The van der Waals surface area contributed by atoms with Crippen LogP contribution in [0.15, 0.2) is 79.7 Å². The van der Waals surface area contributed by atoms with Gasteiger partial charge in [-0.1, -0.05) is 49.1 Å². The van der Waals surface area contributed by atoms with Crippen LogP contribution in [-0.2, 0) is 0 Å². The zero-order valence-corrected chi connectivity index (χ0v) is 17.3. The third-order valence-corrected chi connectivity index (χ3v) is 4.68. The summed E-state index contributed by atoms with van der Waals surface area (Å²) in [6, 6.07) is 16.0. The third kappa shape index (κ3) is 6.11. The molecule has 1 heterocycles. The monoisotopic (exact) mass is 402 g/mol. The number of hydrogen-bond donors (Lipinski definition) is 0. The molecule has 0 aliphatic carbocycles. The van der Waals surface area contributed by atoms with Crippen LogP contribution >= 0.6 is 0 Å². The van der Waals surface area contributed by atoms with E-state index in [9.17, 15) is 4.39 Å². The standard InChI is InChI=1S/C26H27FN2O/c1-3-18-30-24-14-12-22(13-15-24)25-19-23(26-28-16-7-17-29-26)11-10-21(25)9-6-4-5-8-20(2)27/h3,6-7,9-17,19-20H,1,4-5,8,18H2,2H3. The van der Waals surface area contributed by atoms with Crippen LogP contribution in [0.25, 0.3) is 28.6 Å². The second-order valence-corrected chi connectivity index (χ2v) is 7.11. The Bertz CT molecular complexity index is 966. The number of rotatable bonds is 10. The summed E-state index contributed by atoms with van der Waals surface area (Å²) in [5, 5.41) is 0. The Kier molecular flexibility index (Phi) is 7.90. The molecule has 0 radical (unpaired) electrons. The molecule has 0 N–H and O–H groups in total. The summed E-state index contributed by atoms with van der Waals surface area (Å²) in [7, 11) is 0. The number of halogens is 1. The maximum atomic E-state index is 13.0. The first-order chi connectivity index (χ1) is 14.7. The van der Waals surface area contributed by atoms with Gasteiger partial charge in [0.05, 0.1) is 6.17 Å². The average molecular weight is 403 g/mol. The van der Waals surface area contributed by atoms with Crippen LogP contribution in [0.2, 0.25) is 0 Å². The van der Waals surface area contributed by atoms with Gasteiger partial charge in [-0.05, 0) is 67.1 Å². The van der Waals surface area contributed by atoms with Crippen molar-refractivity contribution < 1.29 is 9.13 Å². The smallest absolute Gasteiger partial charge is 0.159 e. The molecule has 0 saturated carbocycles. The number of benzene rings is 2. The number of ether oxygens (including phenoxy) is 1. The summed E-state index contributed by atoms with van der Waals surface area (Å²) in [4.78, 5) is 8.74. The first-order valence-electron chi connectivity index (χ1n) is 10.2. The van der Waals surface area contributed by atoms with Crippen LogP contribution in [0.3, 0.4) is 0 Å². The Balaban J connectivity index is 1.90. The van der Waals surface area contributed by atoms with Crippen LogP contribution in [0.5, 0.6) is 5.75 Å². The van der Waals surface area contributed by atoms with Gasteiger partial charge in [-0.3, -0.25) is 0 Å². The van der Waals surface area contributed by atoms with Gasteiger partial charge in [0, 0.05) is 18.0 Å². The molecule has 0 saturated heterocycles. The highest BCUT2D eigenvalue weighted by Gasteiger charge is 2.08. The van der Waals surface area contributed by atoms with Crippen molar-refractivity contribution >= 4 is 6.08 Å². The Hall–Kier alpha value is -3.27. The van der Waals surface area contributed by atoms with Crippen LogP contribution in [0.1, 0.15) is 31.7 Å². The van der Waals surface area contributed by atoms with Gasteiger partial charge in [-0.2, -0.15) is 0 Å². The Morgan fingerprint density at radius 1 is 1.07 bits per heavy atom. The molecule has 0 bridgehead atoms. The highest BCUT2D eigenvalue weighted by Crippen LogP contribution is 2.30. The van der Waals surface area contributed by atoms with Crippen molar-refractivity contribution in [3.05, 3.63) is 85.2 Å². The fraction of sp³-hybridized carbons (Fsp3) is 0.231. The van der Waals surface area contributed by atoms with E-state index >= 15 is 0 Å². The maximum absolute atomic E-state index is 13.0. The number of aromatic nitrogens is 2. The molecule has 1 aromatic heterocycles. The first kappa shape index (κ1) is 21.4. The predicted octanol–water partition coefficient (Wildman–Crippen LogP) is 6.92. The van der Waals surface area contributed by atoms with Crippen molar-refractivity contribution in [2.24, 2.45) is 0 Å². The molecule has 30 heavy (non-hydrogen) atoms. The largest absolute Gasteiger partial charge is 0.490 e. The molecule has 2 aromatic carbocycles. The van der Waals surface area contributed by atoms with Crippen LogP contribution in [-0.4, -0.2) is 22.7 Å². The summed E-state index contributed by atoms with van der Waals surface area (Å²) in [5.41, 5.74) is 4.23. The minimum Gasteiger partial charge on any atom is -0.490 e. The Morgan fingerprint density at radius 3 is 2.50 bits per heavy atom. The fourth-order valence-electron chi connectivity index (χ4n) is 3.15. The molecular formula is C26H27FN2O. The van der Waals surface area contributed by atoms with Gasteiger partial charge in [0.25, 0.3) is 0 Å². The summed E-state index contributed by atoms with van der Waals surface area (Å²) < 4.78 is 18.6. The molecular weight excluding hydrogens is 375 g/mol. The highest BCUT2D eigenvalue weighted by atomic mass is 19.1. The van der Waals surface area contributed by atoms with Gasteiger partial charge in [-0.15, -0.1) is 0 Å². The van der Waals surface area contributed by atoms with E-state index in [1.54, 1.807) is 25.4 Å². The predicted molar refractivity (Wildman–Crippen MR) is 122 cm³/mol. The molecule has 0 aliphatic heterocycles. The van der Waals surface area contributed by atoms with Crippen molar-refractivity contribution in [1.82, 2.24) is 9.97 Å². The molecule has 4 heteroatoms. The zero-order valence-electron chi connectivity index (χ0n) is 17.3. The van der Waals surface area contributed by atoms with Gasteiger partial charge >= 0.3 is 0 Å². The number of hydrogen-bond acceptors (Lipinski definition) is 3. The van der Waals surface area contributed by atoms with Crippen molar-refractivity contribution in [2.75, 3.05) is 6.61 Å². The number of unbranched alkanes of at least 4 members (excludes halogenated alkanes) is 1. The van der Waals surface area contributed by atoms with E-state index in [1.807, 2.05) is 36.4 Å². The second-order valence-electron chi connectivity index (χ2n) is 7.11. The molecule has 0 amide bonds. The average Bonchev–Trinajstić information content (AvgIpc) is 2.78. The summed E-state index contributed by atoms with van der Waals surface area (Å²) in [5.74, 6) is 1.50. The molecule has 3 nitrogen and oxygen atoms in total. The summed E-state index contributed by atoms with van der Waals surface area (Å²) >= 11 is 0. The lowest BCUT2D eigenvalue weighted by molar-refractivity contribution is 0.335. The molecule has 0 fully saturated rings. The quantitative estimate of drug-likeness (QED) is 0.273. The molecule has 0 aliphatic rings. The lowest BCUT2D eigenvalue weighted by atomic mass is 9.96. The van der Waals surface area contributed by atoms with E-state index in [0.29, 0.717) is 18.9 Å². The SMILES string of the molecule is C=CCOc1ccc(-c2cc(-c3ncccn3)ccc2C=CCCCC(C)F)cc1.